The van der Waals surface area contributed by atoms with Crippen LogP contribution in [0.5, 0.6) is 0 Å². The quantitative estimate of drug-likeness (QED) is 0.791. The third kappa shape index (κ3) is 1.79. The smallest absolute Gasteiger partial charge is 0.192 e. The maximum atomic E-state index is 13.3. The number of anilines is 2. The number of thiazole rings is 1. The number of hydrogen-bond donors (Lipinski definition) is 0. The van der Waals surface area contributed by atoms with Gasteiger partial charge in [-0.2, -0.15) is 0 Å². The maximum Gasteiger partial charge on any atom is 0.192 e. The van der Waals surface area contributed by atoms with E-state index in [1.807, 2.05) is 4.90 Å². The van der Waals surface area contributed by atoms with E-state index in [2.05, 4.69) is 4.98 Å². The highest BCUT2D eigenvalue weighted by Gasteiger charge is 2.24. The second-order valence-corrected chi connectivity index (χ2v) is 5.31. The average molecular weight is 283 g/mol. The van der Waals surface area contributed by atoms with Crippen molar-refractivity contribution in [1.29, 1.82) is 0 Å². The standard InChI is InChI=1S/C12H8ClFN2OS/c13-11-10(6-17)18-12(15-11)16-4-3-7-1-2-8(14)5-9(7)16/h1-2,5-6H,3-4H2. The van der Waals surface area contributed by atoms with Gasteiger partial charge < -0.3 is 4.90 Å². The number of nitrogens with zero attached hydrogens (tertiary/aromatic N) is 2. The Hall–Kier alpha value is -1.46. The first kappa shape index (κ1) is 11.6. The monoisotopic (exact) mass is 282 g/mol. The van der Waals surface area contributed by atoms with Crippen molar-refractivity contribution in [2.24, 2.45) is 0 Å². The molecule has 2 heterocycles. The Labute approximate surface area is 112 Å². The molecule has 0 unspecified atom stereocenters. The molecule has 1 aromatic carbocycles. The summed E-state index contributed by atoms with van der Waals surface area (Å²) >= 11 is 7.07. The summed E-state index contributed by atoms with van der Waals surface area (Å²) in [5.41, 5.74) is 1.88. The van der Waals surface area contributed by atoms with E-state index in [1.165, 1.54) is 23.5 Å². The lowest BCUT2D eigenvalue weighted by Crippen LogP contribution is -2.12. The summed E-state index contributed by atoms with van der Waals surface area (Å²) in [6, 6.07) is 4.72. The van der Waals surface area contributed by atoms with Gasteiger partial charge in [-0.1, -0.05) is 29.0 Å². The highest BCUT2D eigenvalue weighted by Crippen LogP contribution is 2.38. The van der Waals surface area contributed by atoms with E-state index in [4.69, 9.17) is 11.6 Å². The molecule has 1 aliphatic rings. The van der Waals surface area contributed by atoms with Crippen molar-refractivity contribution in [1.82, 2.24) is 4.98 Å². The van der Waals surface area contributed by atoms with Crippen LogP contribution in [0, 0.1) is 5.82 Å². The fourth-order valence-electron chi connectivity index (χ4n) is 2.04. The molecule has 0 atom stereocenters. The van der Waals surface area contributed by atoms with E-state index >= 15 is 0 Å². The molecular formula is C12H8ClFN2OS. The summed E-state index contributed by atoms with van der Waals surface area (Å²) in [7, 11) is 0. The van der Waals surface area contributed by atoms with Gasteiger partial charge in [-0.15, -0.1) is 0 Å². The normalized spacial score (nSPS) is 13.8. The Kier molecular flexibility index (Phi) is 2.80. The van der Waals surface area contributed by atoms with Gasteiger partial charge in [-0.25, -0.2) is 9.37 Å². The zero-order valence-electron chi connectivity index (χ0n) is 9.19. The van der Waals surface area contributed by atoms with Crippen molar-refractivity contribution in [3.05, 3.63) is 39.6 Å². The second-order valence-electron chi connectivity index (χ2n) is 3.94. The lowest BCUT2D eigenvalue weighted by atomic mass is 10.2. The zero-order chi connectivity index (χ0) is 12.7. The summed E-state index contributed by atoms with van der Waals surface area (Å²) < 4.78 is 13.3. The van der Waals surface area contributed by atoms with Crippen LogP contribution in [0.3, 0.4) is 0 Å². The van der Waals surface area contributed by atoms with E-state index < -0.39 is 0 Å². The van der Waals surface area contributed by atoms with E-state index in [0.717, 1.165) is 24.2 Å². The van der Waals surface area contributed by atoms with Gasteiger partial charge in [0.2, 0.25) is 0 Å². The molecule has 0 amide bonds. The SMILES string of the molecule is O=Cc1sc(N2CCc3ccc(F)cc32)nc1Cl. The lowest BCUT2D eigenvalue weighted by molar-refractivity contribution is 0.112. The molecule has 6 heteroatoms. The molecule has 3 rings (SSSR count). The number of rotatable bonds is 2. The molecule has 0 N–H and O–H groups in total. The van der Waals surface area contributed by atoms with Crippen LogP contribution in [0.15, 0.2) is 18.2 Å². The van der Waals surface area contributed by atoms with Gasteiger partial charge >= 0.3 is 0 Å². The van der Waals surface area contributed by atoms with Gasteiger partial charge in [0.1, 0.15) is 10.7 Å². The van der Waals surface area contributed by atoms with Gasteiger partial charge in [0, 0.05) is 12.2 Å². The van der Waals surface area contributed by atoms with Crippen LogP contribution in [0.4, 0.5) is 15.2 Å². The lowest BCUT2D eigenvalue weighted by Gasteiger charge is -2.15. The molecule has 0 saturated carbocycles. The van der Waals surface area contributed by atoms with Gasteiger partial charge in [0.05, 0.1) is 0 Å². The summed E-state index contributed by atoms with van der Waals surface area (Å²) in [5, 5.41) is 0.835. The molecule has 0 spiro atoms. The van der Waals surface area contributed by atoms with E-state index in [-0.39, 0.29) is 11.0 Å². The Morgan fingerprint density at radius 3 is 3.06 bits per heavy atom. The largest absolute Gasteiger partial charge is 0.317 e. The topological polar surface area (TPSA) is 33.2 Å². The predicted octanol–water partition coefficient (Wildman–Crippen LogP) is 3.44. The molecular weight excluding hydrogens is 275 g/mol. The summed E-state index contributed by atoms with van der Waals surface area (Å²) in [6.45, 7) is 0.723. The molecule has 0 saturated heterocycles. The molecule has 1 aromatic heterocycles. The Balaban J connectivity index is 2.05. The van der Waals surface area contributed by atoms with Crippen LogP contribution in [0.2, 0.25) is 5.15 Å². The van der Waals surface area contributed by atoms with Crippen LogP contribution in [-0.2, 0) is 6.42 Å². The molecule has 1 aliphatic heterocycles. The number of aldehydes is 1. The van der Waals surface area contributed by atoms with Crippen LogP contribution >= 0.6 is 22.9 Å². The number of aromatic nitrogens is 1. The van der Waals surface area contributed by atoms with Crippen molar-refractivity contribution in [2.45, 2.75) is 6.42 Å². The highest BCUT2D eigenvalue weighted by atomic mass is 35.5. The molecule has 0 radical (unpaired) electrons. The summed E-state index contributed by atoms with van der Waals surface area (Å²) in [6.07, 6.45) is 1.52. The average Bonchev–Trinajstić information content (AvgIpc) is 2.91. The van der Waals surface area contributed by atoms with Crippen molar-refractivity contribution < 1.29 is 9.18 Å². The van der Waals surface area contributed by atoms with E-state index in [9.17, 15) is 9.18 Å². The van der Waals surface area contributed by atoms with Crippen LogP contribution in [0.1, 0.15) is 15.2 Å². The molecule has 18 heavy (non-hydrogen) atoms. The van der Waals surface area contributed by atoms with Gasteiger partial charge in [0.15, 0.2) is 16.6 Å². The molecule has 0 fully saturated rings. The first-order valence-corrected chi connectivity index (χ1v) is 6.56. The first-order chi connectivity index (χ1) is 8.69. The highest BCUT2D eigenvalue weighted by molar-refractivity contribution is 7.17. The molecule has 2 aromatic rings. The first-order valence-electron chi connectivity index (χ1n) is 5.36. The van der Waals surface area contributed by atoms with Crippen molar-refractivity contribution >= 4 is 40.0 Å². The minimum Gasteiger partial charge on any atom is -0.317 e. The van der Waals surface area contributed by atoms with Gasteiger partial charge in [-0.05, 0) is 24.1 Å². The number of benzene rings is 1. The van der Waals surface area contributed by atoms with Crippen LogP contribution in [0.25, 0.3) is 0 Å². The van der Waals surface area contributed by atoms with Crippen LogP contribution < -0.4 is 4.90 Å². The Morgan fingerprint density at radius 1 is 1.50 bits per heavy atom. The fraction of sp³-hybridized carbons (Fsp3) is 0.167. The molecule has 3 nitrogen and oxygen atoms in total. The Morgan fingerprint density at radius 2 is 2.33 bits per heavy atom. The van der Waals surface area contributed by atoms with E-state index in [0.29, 0.717) is 16.3 Å². The predicted molar refractivity (Wildman–Crippen MR) is 69.6 cm³/mol. The molecule has 92 valence electrons. The zero-order valence-corrected chi connectivity index (χ0v) is 10.8. The number of halogens is 2. The fourth-order valence-corrected chi connectivity index (χ4v) is 3.14. The van der Waals surface area contributed by atoms with Gasteiger partial charge in [0.25, 0.3) is 0 Å². The molecule has 0 bridgehead atoms. The number of hydrogen-bond acceptors (Lipinski definition) is 4. The second kappa shape index (κ2) is 4.33. The molecule has 0 aliphatic carbocycles. The third-order valence-electron chi connectivity index (χ3n) is 2.88. The summed E-state index contributed by atoms with van der Waals surface area (Å²) in [4.78, 5) is 17.2. The Bertz CT molecular complexity index is 629. The number of fused-ring (bicyclic) bond motifs is 1. The minimum absolute atomic E-state index is 0.204. The number of carbonyl (C=O) groups is 1. The number of carbonyl (C=O) groups excluding carboxylic acids is 1. The van der Waals surface area contributed by atoms with E-state index in [1.54, 1.807) is 6.07 Å². The summed E-state index contributed by atoms with van der Waals surface area (Å²) in [5.74, 6) is -0.279. The van der Waals surface area contributed by atoms with Crippen molar-refractivity contribution in [3.8, 4) is 0 Å². The van der Waals surface area contributed by atoms with Crippen LogP contribution in [-0.4, -0.2) is 17.8 Å². The maximum absolute atomic E-state index is 13.3. The third-order valence-corrected chi connectivity index (χ3v) is 4.28. The van der Waals surface area contributed by atoms with Gasteiger partial charge in [-0.3, -0.25) is 4.79 Å². The van der Waals surface area contributed by atoms with Crippen molar-refractivity contribution in [2.75, 3.05) is 11.4 Å². The van der Waals surface area contributed by atoms with Crippen molar-refractivity contribution in [3.63, 3.8) is 0 Å². The minimum atomic E-state index is -0.279.